The van der Waals surface area contributed by atoms with Gasteiger partial charge >= 0.3 is 0 Å². The van der Waals surface area contributed by atoms with Crippen molar-refractivity contribution in [1.82, 2.24) is 9.80 Å². The van der Waals surface area contributed by atoms with Gasteiger partial charge in [-0.25, -0.2) is 0 Å². The van der Waals surface area contributed by atoms with Crippen LogP contribution in [-0.4, -0.2) is 48.3 Å². The zero-order chi connectivity index (χ0) is 8.97. The molecule has 0 saturated carbocycles. The van der Waals surface area contributed by atoms with Crippen LogP contribution in [0, 0.1) is 6.92 Å². The molecule has 67 valence electrons. The van der Waals surface area contributed by atoms with Crippen molar-refractivity contribution >= 4 is 12.3 Å². The van der Waals surface area contributed by atoms with E-state index in [1.54, 1.807) is 9.80 Å². The molecule has 0 spiro atoms. The average molecular weight is 169 g/mol. The minimum Gasteiger partial charge on any atom is -0.342 e. The Morgan fingerprint density at radius 2 is 1.92 bits per heavy atom. The molecule has 0 aromatic carbocycles. The Morgan fingerprint density at radius 1 is 1.33 bits per heavy atom. The topological polar surface area (TPSA) is 40.6 Å². The Morgan fingerprint density at radius 3 is 2.33 bits per heavy atom. The van der Waals surface area contributed by atoms with Crippen LogP contribution in [0.2, 0.25) is 0 Å². The van der Waals surface area contributed by atoms with Crippen molar-refractivity contribution in [1.29, 1.82) is 0 Å². The molecule has 2 amide bonds. The summed E-state index contributed by atoms with van der Waals surface area (Å²) in [6.45, 7) is 6.11. The molecule has 4 nitrogen and oxygen atoms in total. The largest absolute Gasteiger partial charge is 0.342 e. The first-order chi connectivity index (χ1) is 5.77. The second kappa shape index (κ2) is 4.09. The van der Waals surface area contributed by atoms with Gasteiger partial charge in [0.25, 0.3) is 0 Å². The Kier molecular flexibility index (Phi) is 3.08. The summed E-state index contributed by atoms with van der Waals surface area (Å²) in [5, 5.41) is 0. The Labute approximate surface area is 72.1 Å². The first-order valence-corrected chi connectivity index (χ1v) is 4.04. The van der Waals surface area contributed by atoms with Crippen molar-refractivity contribution in [3.8, 4) is 0 Å². The van der Waals surface area contributed by atoms with Gasteiger partial charge in [-0.15, -0.1) is 0 Å². The SMILES string of the molecule is [CH2]CC(=O)N1CCN(C=O)CC1. The van der Waals surface area contributed by atoms with Crippen LogP contribution < -0.4 is 0 Å². The predicted octanol–water partition coefficient (Wildman–Crippen LogP) is -0.489. The summed E-state index contributed by atoms with van der Waals surface area (Å²) in [6.07, 6.45) is 1.13. The Bertz CT molecular complexity index is 174. The van der Waals surface area contributed by atoms with E-state index in [0.29, 0.717) is 32.6 Å². The molecule has 1 rings (SSSR count). The molecule has 0 aromatic rings. The van der Waals surface area contributed by atoms with Crippen molar-refractivity contribution in [3.63, 3.8) is 0 Å². The molecule has 12 heavy (non-hydrogen) atoms. The Balaban J connectivity index is 2.35. The van der Waals surface area contributed by atoms with Crippen LogP contribution in [0.1, 0.15) is 6.42 Å². The van der Waals surface area contributed by atoms with Crippen LogP contribution in [0.25, 0.3) is 0 Å². The van der Waals surface area contributed by atoms with E-state index in [2.05, 4.69) is 6.92 Å². The number of hydrogen-bond acceptors (Lipinski definition) is 2. The van der Waals surface area contributed by atoms with Gasteiger partial charge in [0, 0.05) is 32.6 Å². The molecule has 1 radical (unpaired) electrons. The van der Waals surface area contributed by atoms with Crippen LogP contribution in [0.15, 0.2) is 0 Å². The van der Waals surface area contributed by atoms with Gasteiger partial charge in [-0.05, 0) is 6.92 Å². The van der Waals surface area contributed by atoms with Crippen molar-refractivity contribution in [2.24, 2.45) is 0 Å². The normalized spacial score (nSPS) is 17.8. The summed E-state index contributed by atoms with van der Waals surface area (Å²) >= 11 is 0. The summed E-state index contributed by atoms with van der Waals surface area (Å²) < 4.78 is 0. The van der Waals surface area contributed by atoms with E-state index in [9.17, 15) is 9.59 Å². The summed E-state index contributed by atoms with van der Waals surface area (Å²) in [5.74, 6) is 0.0700. The number of carbonyl (C=O) groups excluding carboxylic acids is 2. The number of carbonyl (C=O) groups is 2. The molecule has 1 heterocycles. The zero-order valence-electron chi connectivity index (χ0n) is 7.03. The maximum Gasteiger partial charge on any atom is 0.222 e. The van der Waals surface area contributed by atoms with Crippen LogP contribution in [0.4, 0.5) is 0 Å². The molecule has 0 unspecified atom stereocenters. The number of rotatable bonds is 2. The highest BCUT2D eigenvalue weighted by Gasteiger charge is 2.18. The summed E-state index contributed by atoms with van der Waals surface area (Å²) in [6, 6.07) is 0. The van der Waals surface area contributed by atoms with Gasteiger partial charge in [-0.2, -0.15) is 0 Å². The second-order valence-electron chi connectivity index (χ2n) is 2.77. The minimum absolute atomic E-state index is 0.0700. The number of amides is 2. The summed E-state index contributed by atoms with van der Waals surface area (Å²) in [7, 11) is 0. The number of hydrogen-bond donors (Lipinski definition) is 0. The van der Waals surface area contributed by atoms with Gasteiger partial charge in [0.1, 0.15) is 0 Å². The third-order valence-electron chi connectivity index (χ3n) is 2.03. The lowest BCUT2D eigenvalue weighted by atomic mass is 10.3. The van der Waals surface area contributed by atoms with Crippen LogP contribution in [-0.2, 0) is 9.59 Å². The molecule has 0 aliphatic carbocycles. The average Bonchev–Trinajstić information content (AvgIpc) is 2.17. The first-order valence-electron chi connectivity index (χ1n) is 4.04. The molecule has 1 saturated heterocycles. The van der Waals surface area contributed by atoms with Gasteiger partial charge in [-0.1, -0.05) is 0 Å². The Hall–Kier alpha value is -1.06. The summed E-state index contributed by atoms with van der Waals surface area (Å²) in [4.78, 5) is 24.9. The van der Waals surface area contributed by atoms with Crippen molar-refractivity contribution in [3.05, 3.63) is 6.92 Å². The highest BCUT2D eigenvalue weighted by Crippen LogP contribution is 2.00. The monoisotopic (exact) mass is 169 g/mol. The maximum absolute atomic E-state index is 11.1. The molecule has 0 atom stereocenters. The zero-order valence-corrected chi connectivity index (χ0v) is 7.03. The maximum atomic E-state index is 11.1. The predicted molar refractivity (Wildman–Crippen MR) is 44.2 cm³/mol. The molecule has 0 N–H and O–H groups in total. The van der Waals surface area contributed by atoms with Gasteiger partial charge in [0.15, 0.2) is 0 Å². The second-order valence-corrected chi connectivity index (χ2v) is 2.77. The van der Waals surface area contributed by atoms with E-state index in [-0.39, 0.29) is 5.91 Å². The standard InChI is InChI=1S/C8H13N2O2/c1-2-8(12)10-5-3-9(7-11)4-6-10/h7H,1-6H2. The fourth-order valence-electron chi connectivity index (χ4n) is 1.23. The van der Waals surface area contributed by atoms with Gasteiger partial charge in [-0.3, -0.25) is 9.59 Å². The van der Waals surface area contributed by atoms with E-state index in [1.165, 1.54) is 0 Å². The van der Waals surface area contributed by atoms with Crippen molar-refractivity contribution in [2.45, 2.75) is 6.42 Å². The molecular formula is C8H13N2O2. The third kappa shape index (κ3) is 1.96. The molecule has 0 aromatic heterocycles. The van der Waals surface area contributed by atoms with Gasteiger partial charge in [0.2, 0.25) is 12.3 Å². The highest BCUT2D eigenvalue weighted by atomic mass is 16.2. The minimum atomic E-state index is 0.0700. The van der Waals surface area contributed by atoms with Crippen LogP contribution in [0.5, 0.6) is 0 Å². The highest BCUT2D eigenvalue weighted by molar-refractivity contribution is 5.76. The molecular weight excluding hydrogens is 156 g/mol. The first kappa shape index (κ1) is 9.03. The molecule has 1 aliphatic rings. The quantitative estimate of drug-likeness (QED) is 0.523. The van der Waals surface area contributed by atoms with E-state index in [4.69, 9.17) is 0 Å². The van der Waals surface area contributed by atoms with E-state index in [1.807, 2.05) is 0 Å². The van der Waals surface area contributed by atoms with Crippen molar-refractivity contribution < 1.29 is 9.59 Å². The molecule has 1 fully saturated rings. The third-order valence-corrected chi connectivity index (χ3v) is 2.03. The fourth-order valence-corrected chi connectivity index (χ4v) is 1.23. The fraction of sp³-hybridized carbons (Fsp3) is 0.625. The molecule has 0 bridgehead atoms. The van der Waals surface area contributed by atoms with Crippen LogP contribution >= 0.6 is 0 Å². The van der Waals surface area contributed by atoms with Crippen molar-refractivity contribution in [2.75, 3.05) is 26.2 Å². The lowest BCUT2D eigenvalue weighted by Gasteiger charge is -2.32. The van der Waals surface area contributed by atoms with Crippen LogP contribution in [0.3, 0.4) is 0 Å². The summed E-state index contributed by atoms with van der Waals surface area (Å²) in [5.41, 5.74) is 0. The molecule has 1 aliphatic heterocycles. The lowest BCUT2D eigenvalue weighted by molar-refractivity contribution is -0.134. The smallest absolute Gasteiger partial charge is 0.222 e. The molecule has 4 heteroatoms. The van der Waals surface area contributed by atoms with E-state index < -0.39 is 0 Å². The lowest BCUT2D eigenvalue weighted by Crippen LogP contribution is -2.47. The van der Waals surface area contributed by atoms with E-state index >= 15 is 0 Å². The van der Waals surface area contributed by atoms with Gasteiger partial charge in [0.05, 0.1) is 0 Å². The van der Waals surface area contributed by atoms with E-state index in [0.717, 1.165) is 6.41 Å². The van der Waals surface area contributed by atoms with Gasteiger partial charge < -0.3 is 9.80 Å². The number of piperazine rings is 1. The number of nitrogens with zero attached hydrogens (tertiary/aromatic N) is 2.